The van der Waals surface area contributed by atoms with Gasteiger partial charge in [-0.25, -0.2) is 4.39 Å². The number of amides is 2. The summed E-state index contributed by atoms with van der Waals surface area (Å²) in [7, 11) is 3.57. The van der Waals surface area contributed by atoms with Crippen LogP contribution in [0, 0.1) is 5.82 Å². The molecule has 0 aliphatic rings. The van der Waals surface area contributed by atoms with Crippen LogP contribution in [0.3, 0.4) is 0 Å². The van der Waals surface area contributed by atoms with Gasteiger partial charge in [-0.3, -0.25) is 9.59 Å². The van der Waals surface area contributed by atoms with Gasteiger partial charge < -0.3 is 15.1 Å². The molecule has 6 heteroatoms. The largest absolute Gasteiger partial charge is 0.336 e. The molecule has 0 aromatic heterocycles. The van der Waals surface area contributed by atoms with Gasteiger partial charge in [0, 0.05) is 19.3 Å². The summed E-state index contributed by atoms with van der Waals surface area (Å²) < 4.78 is 12.9. The van der Waals surface area contributed by atoms with Crippen LogP contribution in [-0.4, -0.2) is 43.4 Å². The Morgan fingerprint density at radius 3 is 2.35 bits per heavy atom. The third kappa shape index (κ3) is 5.67. The molecule has 0 saturated heterocycles. The number of quaternary nitrogens is 1. The van der Waals surface area contributed by atoms with Gasteiger partial charge in [-0.2, -0.15) is 0 Å². The van der Waals surface area contributed by atoms with Crippen LogP contribution >= 0.6 is 0 Å². The lowest BCUT2D eigenvalue weighted by Gasteiger charge is -2.25. The van der Waals surface area contributed by atoms with Crippen LogP contribution < -0.4 is 10.2 Å². The second-order valence-corrected chi connectivity index (χ2v) is 6.48. The van der Waals surface area contributed by atoms with Gasteiger partial charge in [0.2, 0.25) is 0 Å². The van der Waals surface area contributed by atoms with E-state index in [0.29, 0.717) is 12.2 Å². The Kier molecular flexibility index (Phi) is 6.86. The van der Waals surface area contributed by atoms with Crippen molar-refractivity contribution in [1.29, 1.82) is 0 Å². The van der Waals surface area contributed by atoms with Gasteiger partial charge in [0.25, 0.3) is 11.8 Å². The van der Waals surface area contributed by atoms with Gasteiger partial charge in [-0.1, -0.05) is 30.3 Å². The van der Waals surface area contributed by atoms with Crippen LogP contribution in [0.1, 0.15) is 12.5 Å². The maximum absolute atomic E-state index is 12.9. The fourth-order valence-electron chi connectivity index (χ4n) is 2.62. The zero-order chi connectivity index (χ0) is 19.1. The molecule has 0 fully saturated rings. The number of hydrogen-bond acceptors (Lipinski definition) is 2. The van der Waals surface area contributed by atoms with E-state index < -0.39 is 0 Å². The molecule has 2 aromatic rings. The van der Waals surface area contributed by atoms with Crippen molar-refractivity contribution < 1.29 is 18.9 Å². The van der Waals surface area contributed by atoms with Crippen molar-refractivity contribution in [2.75, 3.05) is 26.0 Å². The zero-order valence-corrected chi connectivity index (χ0v) is 15.3. The number of likely N-dealkylation sites (N-methyl/N-ethyl adjacent to an activating group) is 2. The molecule has 2 atom stereocenters. The van der Waals surface area contributed by atoms with Gasteiger partial charge in [0.15, 0.2) is 12.6 Å². The molecule has 5 nitrogen and oxygen atoms in total. The third-order valence-corrected chi connectivity index (χ3v) is 4.32. The lowest BCUT2D eigenvalue weighted by molar-refractivity contribution is -0.886. The molecule has 0 bridgehead atoms. The molecule has 0 spiro atoms. The second-order valence-electron chi connectivity index (χ2n) is 6.48. The number of benzene rings is 2. The number of nitrogens with one attached hydrogen (secondary N) is 2. The Labute approximate surface area is 153 Å². The number of hydrogen-bond donors (Lipinski definition) is 2. The van der Waals surface area contributed by atoms with Gasteiger partial charge in [0.05, 0.1) is 7.05 Å². The van der Waals surface area contributed by atoms with E-state index in [1.54, 1.807) is 11.9 Å². The molecule has 26 heavy (non-hydrogen) atoms. The Morgan fingerprint density at radius 1 is 1.12 bits per heavy atom. The number of nitrogens with zero attached hydrogens (tertiary/aromatic N) is 1. The predicted octanol–water partition coefficient (Wildman–Crippen LogP) is 1.33. The zero-order valence-electron chi connectivity index (χ0n) is 15.3. The lowest BCUT2D eigenvalue weighted by Crippen LogP contribution is -3.15. The van der Waals surface area contributed by atoms with Crippen LogP contribution in [-0.2, 0) is 16.1 Å². The highest BCUT2D eigenvalue weighted by molar-refractivity contribution is 5.91. The molecule has 138 valence electrons. The van der Waals surface area contributed by atoms with Crippen molar-refractivity contribution in [2.45, 2.75) is 19.5 Å². The Morgan fingerprint density at radius 2 is 1.73 bits per heavy atom. The van der Waals surface area contributed by atoms with E-state index in [1.165, 1.54) is 24.3 Å². The molecule has 2 rings (SSSR count). The van der Waals surface area contributed by atoms with E-state index >= 15 is 0 Å². The number of carbonyl (C=O) groups excluding carboxylic acids is 2. The summed E-state index contributed by atoms with van der Waals surface area (Å²) in [5.74, 6) is -0.605. The van der Waals surface area contributed by atoms with E-state index in [0.717, 1.165) is 10.5 Å². The van der Waals surface area contributed by atoms with Crippen molar-refractivity contribution in [3.63, 3.8) is 0 Å². The average Bonchev–Trinajstić information content (AvgIpc) is 2.63. The van der Waals surface area contributed by atoms with Crippen LogP contribution in [0.5, 0.6) is 0 Å². The van der Waals surface area contributed by atoms with Gasteiger partial charge in [0.1, 0.15) is 5.82 Å². The number of halogens is 1. The molecule has 0 heterocycles. The third-order valence-electron chi connectivity index (χ3n) is 4.32. The van der Waals surface area contributed by atoms with Crippen molar-refractivity contribution in [3.8, 4) is 0 Å². The van der Waals surface area contributed by atoms with E-state index in [4.69, 9.17) is 0 Å². The first-order chi connectivity index (χ1) is 12.4. The summed E-state index contributed by atoms with van der Waals surface area (Å²) in [5.41, 5.74) is 1.59. The van der Waals surface area contributed by atoms with Gasteiger partial charge >= 0.3 is 0 Å². The quantitative estimate of drug-likeness (QED) is 0.785. The first kappa shape index (κ1) is 19.6. The molecule has 2 aromatic carbocycles. The van der Waals surface area contributed by atoms with Crippen LogP contribution in [0.4, 0.5) is 10.1 Å². The highest BCUT2D eigenvalue weighted by atomic mass is 19.1. The molecular formula is C20H25FN3O2+. The normalized spacial score (nSPS) is 12.9. The molecule has 1 unspecified atom stereocenters. The summed E-state index contributed by atoms with van der Waals surface area (Å²) in [6.07, 6.45) is 0. The molecule has 0 saturated carbocycles. The summed E-state index contributed by atoms with van der Waals surface area (Å²) in [6, 6.07) is 15.0. The number of anilines is 1. The molecule has 0 radical (unpaired) electrons. The summed E-state index contributed by atoms with van der Waals surface area (Å²) in [6.45, 7) is 2.48. The second kappa shape index (κ2) is 9.10. The average molecular weight is 358 g/mol. The molecule has 0 aliphatic heterocycles. The lowest BCUT2D eigenvalue weighted by atomic mass is 10.2. The van der Waals surface area contributed by atoms with Crippen LogP contribution in [0.15, 0.2) is 54.6 Å². The van der Waals surface area contributed by atoms with Gasteiger partial charge in [-0.15, -0.1) is 0 Å². The maximum atomic E-state index is 12.9. The van der Waals surface area contributed by atoms with E-state index in [9.17, 15) is 14.0 Å². The number of rotatable bonds is 7. The number of carbonyl (C=O) groups is 2. The smallest absolute Gasteiger partial charge is 0.280 e. The summed E-state index contributed by atoms with van der Waals surface area (Å²) in [4.78, 5) is 27.2. The SMILES string of the molecule is C[C@@H](C(=O)N(C)Cc1ccccc1)[NH+](C)CC(=O)Nc1ccc(F)cc1. The highest BCUT2D eigenvalue weighted by Crippen LogP contribution is 2.07. The molecule has 2 N–H and O–H groups in total. The van der Waals surface area contributed by atoms with E-state index in [2.05, 4.69) is 5.32 Å². The maximum Gasteiger partial charge on any atom is 0.280 e. The molecule has 0 aliphatic carbocycles. The van der Waals surface area contributed by atoms with Crippen LogP contribution in [0.2, 0.25) is 0 Å². The van der Waals surface area contributed by atoms with E-state index in [-0.39, 0.29) is 30.2 Å². The highest BCUT2D eigenvalue weighted by Gasteiger charge is 2.26. The van der Waals surface area contributed by atoms with E-state index in [1.807, 2.05) is 44.3 Å². The Hall–Kier alpha value is -2.73. The van der Waals surface area contributed by atoms with Crippen molar-refractivity contribution in [2.24, 2.45) is 0 Å². The monoisotopic (exact) mass is 358 g/mol. The van der Waals surface area contributed by atoms with Crippen LogP contribution in [0.25, 0.3) is 0 Å². The summed E-state index contributed by atoms with van der Waals surface area (Å²) >= 11 is 0. The van der Waals surface area contributed by atoms with Crippen molar-refractivity contribution in [1.82, 2.24) is 4.90 Å². The first-order valence-corrected chi connectivity index (χ1v) is 8.53. The Balaban J connectivity index is 1.86. The van der Waals surface area contributed by atoms with Crippen molar-refractivity contribution >= 4 is 17.5 Å². The standard InChI is InChI=1S/C20H24FN3O2/c1-15(20(26)24(3)13-16-7-5-4-6-8-16)23(2)14-19(25)22-18-11-9-17(21)10-12-18/h4-12,15H,13-14H2,1-3H3,(H,22,25)/p+1/t15-/m0/s1. The Bertz CT molecular complexity index is 734. The summed E-state index contributed by atoms with van der Waals surface area (Å²) in [5, 5.41) is 2.71. The minimum absolute atomic E-state index is 0.0269. The molecule has 2 amide bonds. The first-order valence-electron chi connectivity index (χ1n) is 8.53. The minimum atomic E-state index is -0.359. The topological polar surface area (TPSA) is 53.9 Å². The fraction of sp³-hybridized carbons (Fsp3) is 0.300. The predicted molar refractivity (Wildman–Crippen MR) is 99.2 cm³/mol. The fourth-order valence-corrected chi connectivity index (χ4v) is 2.62. The molecular weight excluding hydrogens is 333 g/mol. The van der Waals surface area contributed by atoms with Crippen molar-refractivity contribution in [3.05, 3.63) is 66.0 Å². The van der Waals surface area contributed by atoms with Gasteiger partial charge in [-0.05, 0) is 36.8 Å². The minimum Gasteiger partial charge on any atom is -0.336 e.